The average Bonchev–Trinajstić information content (AvgIpc) is 2.89. The molecule has 11 heteroatoms. The van der Waals surface area contributed by atoms with Gasteiger partial charge in [0.05, 0.1) is 12.7 Å². The number of aromatic nitrogens is 2. The number of carboxylic acids is 3. The first kappa shape index (κ1) is 31.8. The van der Waals surface area contributed by atoms with Gasteiger partial charge in [0, 0.05) is 23.3 Å². The number of carbonyl (C=O) groups is 3. The Morgan fingerprint density at radius 2 is 1.08 bits per heavy atom. The average molecular weight is 541 g/mol. The Morgan fingerprint density at radius 1 is 0.641 bits per heavy atom. The standard InChI is InChI=1S/C14H11NO4.C14H13NO3.2FH/c16-13(17)11-4-1-3-10(7-11)8-15-6-2-5-12(9-15)14(18)19;1-18-13-6-2-4-11(8-13)9-15-7-3-5-12(10-15)14(16)17;;/h1-7,9H,8H2,(H-,16,17,18,19);2-8,10H,9H2,1H3;2*1H. The van der Waals surface area contributed by atoms with Crippen LogP contribution in [0.1, 0.15) is 42.2 Å². The lowest BCUT2D eigenvalue weighted by Gasteiger charge is -2.02. The monoisotopic (exact) mass is 540 g/mol. The summed E-state index contributed by atoms with van der Waals surface area (Å²) in [5, 5.41) is 26.7. The van der Waals surface area contributed by atoms with Crippen molar-refractivity contribution in [2.24, 2.45) is 0 Å². The summed E-state index contributed by atoms with van der Waals surface area (Å²) in [6, 6.07) is 20.7. The van der Waals surface area contributed by atoms with Gasteiger partial charge in [0.2, 0.25) is 0 Å². The van der Waals surface area contributed by atoms with E-state index in [9.17, 15) is 14.4 Å². The van der Waals surface area contributed by atoms with Gasteiger partial charge in [-0.15, -0.1) is 0 Å². The van der Waals surface area contributed by atoms with Gasteiger partial charge >= 0.3 is 17.9 Å². The Hall–Kier alpha value is -5.19. The van der Waals surface area contributed by atoms with Gasteiger partial charge in [0.1, 0.15) is 16.9 Å². The molecule has 2 aromatic carbocycles. The number of ether oxygens (including phenoxy) is 1. The Morgan fingerprint density at radius 3 is 1.54 bits per heavy atom. The van der Waals surface area contributed by atoms with Gasteiger partial charge < -0.3 is 29.5 Å². The molecule has 0 aliphatic heterocycles. The maximum atomic E-state index is 10.9. The molecule has 4 rings (SSSR count). The molecule has 0 fully saturated rings. The van der Waals surface area contributed by atoms with Gasteiger partial charge in [-0.2, -0.15) is 9.13 Å². The van der Waals surface area contributed by atoms with Crippen molar-refractivity contribution >= 4 is 17.9 Å². The third-order valence-electron chi connectivity index (χ3n) is 5.25. The highest BCUT2D eigenvalue weighted by Crippen LogP contribution is 2.12. The lowest BCUT2D eigenvalue weighted by molar-refractivity contribution is -0.688. The van der Waals surface area contributed by atoms with Gasteiger partial charge in [-0.3, -0.25) is 0 Å². The molecule has 0 bridgehead atoms. The molecule has 4 aromatic rings. The molecule has 0 radical (unpaired) electrons. The normalized spacial score (nSPS) is 9.56. The van der Waals surface area contributed by atoms with Gasteiger partial charge in [-0.25, -0.2) is 14.4 Å². The van der Waals surface area contributed by atoms with Crippen molar-refractivity contribution in [1.82, 2.24) is 0 Å². The second-order valence-corrected chi connectivity index (χ2v) is 8.00. The number of rotatable bonds is 8. The summed E-state index contributed by atoms with van der Waals surface area (Å²) in [6.07, 6.45) is 6.70. The number of hydrogen-bond acceptors (Lipinski definition) is 4. The van der Waals surface area contributed by atoms with Crippen LogP contribution in [0, 0.1) is 0 Å². The predicted molar refractivity (Wildman–Crippen MR) is 132 cm³/mol. The third kappa shape index (κ3) is 9.65. The molecule has 0 unspecified atom stereocenters. The number of nitrogens with zero attached hydrogens (tertiary/aromatic N) is 2. The Kier molecular flexibility index (Phi) is 12.4. The van der Waals surface area contributed by atoms with Crippen LogP contribution in [0.15, 0.2) is 97.6 Å². The molecular weight excluding hydrogens is 514 g/mol. The molecule has 0 atom stereocenters. The molecule has 0 saturated heterocycles. The van der Waals surface area contributed by atoms with Crippen molar-refractivity contribution in [3.63, 3.8) is 0 Å². The van der Waals surface area contributed by atoms with Crippen molar-refractivity contribution in [2.75, 3.05) is 7.11 Å². The van der Waals surface area contributed by atoms with Gasteiger partial charge in [-0.1, -0.05) is 24.3 Å². The Labute approximate surface area is 222 Å². The molecule has 0 aliphatic rings. The highest BCUT2D eigenvalue weighted by Gasteiger charge is 2.11. The van der Waals surface area contributed by atoms with E-state index in [2.05, 4.69) is 0 Å². The van der Waals surface area contributed by atoms with E-state index in [1.54, 1.807) is 60.5 Å². The van der Waals surface area contributed by atoms with Gasteiger partial charge in [-0.05, 0) is 36.4 Å². The molecule has 0 saturated carbocycles. The fourth-order valence-electron chi connectivity index (χ4n) is 3.49. The SMILES string of the molecule is COc1cccc(C[n+]2cccc(C(=O)O)c2)c1.O=C(O)c1cccc(C[n+]2cccc(C(=O)O)c2)c1.[F-].[F-]. The van der Waals surface area contributed by atoms with E-state index in [1.807, 2.05) is 35.0 Å². The van der Waals surface area contributed by atoms with E-state index < -0.39 is 17.9 Å². The minimum absolute atomic E-state index is 0. The van der Waals surface area contributed by atoms with E-state index in [0.29, 0.717) is 13.1 Å². The second kappa shape index (κ2) is 15.2. The van der Waals surface area contributed by atoms with Crippen LogP contribution in [0.25, 0.3) is 0 Å². The second-order valence-electron chi connectivity index (χ2n) is 8.00. The third-order valence-corrected chi connectivity index (χ3v) is 5.25. The first-order chi connectivity index (χ1) is 17.7. The summed E-state index contributed by atoms with van der Waals surface area (Å²) in [5.74, 6) is -2.10. The number of hydrogen-bond donors (Lipinski definition) is 3. The van der Waals surface area contributed by atoms with Crippen LogP contribution < -0.4 is 23.3 Å². The number of benzene rings is 2. The zero-order valence-corrected chi connectivity index (χ0v) is 20.8. The molecular formula is C28H26F2N2O7. The Bertz CT molecular complexity index is 1370. The summed E-state index contributed by atoms with van der Waals surface area (Å²) < 4.78 is 8.68. The van der Waals surface area contributed by atoms with Crippen LogP contribution in [-0.2, 0) is 13.1 Å². The summed E-state index contributed by atoms with van der Waals surface area (Å²) in [7, 11) is 1.62. The molecule has 2 aromatic heterocycles. The Balaban J connectivity index is 0.000000371. The topological polar surface area (TPSA) is 129 Å². The van der Waals surface area contributed by atoms with Gasteiger partial charge in [0.25, 0.3) is 0 Å². The molecule has 3 N–H and O–H groups in total. The first-order valence-corrected chi connectivity index (χ1v) is 11.1. The van der Waals surface area contributed by atoms with Crippen LogP contribution in [0.5, 0.6) is 5.75 Å². The van der Waals surface area contributed by atoms with Crippen LogP contribution in [0.4, 0.5) is 0 Å². The van der Waals surface area contributed by atoms with Crippen molar-refractivity contribution in [1.29, 1.82) is 0 Å². The summed E-state index contributed by atoms with van der Waals surface area (Å²) in [5.41, 5.74) is 2.54. The predicted octanol–water partition coefficient (Wildman–Crippen LogP) is -2.84. The van der Waals surface area contributed by atoms with Crippen LogP contribution in [0.2, 0.25) is 0 Å². The summed E-state index contributed by atoms with van der Waals surface area (Å²) in [6.45, 7) is 1.03. The summed E-state index contributed by atoms with van der Waals surface area (Å²) >= 11 is 0. The molecule has 9 nitrogen and oxygen atoms in total. The first-order valence-electron chi connectivity index (χ1n) is 11.1. The molecule has 0 spiro atoms. The maximum Gasteiger partial charge on any atom is 0.341 e. The quantitative estimate of drug-likeness (QED) is 0.205. The number of methoxy groups -OCH3 is 1. The largest absolute Gasteiger partial charge is 1.00 e. The number of carboxylic acid groups (broad SMARTS) is 3. The molecule has 2 heterocycles. The smallest absolute Gasteiger partial charge is 0.341 e. The lowest BCUT2D eigenvalue weighted by atomic mass is 10.1. The van der Waals surface area contributed by atoms with Gasteiger partial charge in [0.15, 0.2) is 37.9 Å². The van der Waals surface area contributed by atoms with E-state index in [0.717, 1.165) is 16.9 Å². The molecule has 204 valence electrons. The fourth-order valence-corrected chi connectivity index (χ4v) is 3.49. The van der Waals surface area contributed by atoms with E-state index in [4.69, 9.17) is 20.1 Å². The van der Waals surface area contributed by atoms with E-state index >= 15 is 0 Å². The van der Waals surface area contributed by atoms with E-state index in [1.165, 1.54) is 18.3 Å². The fraction of sp³-hybridized carbons (Fsp3) is 0.107. The zero-order valence-electron chi connectivity index (χ0n) is 20.8. The van der Waals surface area contributed by atoms with E-state index in [-0.39, 0.29) is 26.1 Å². The summed E-state index contributed by atoms with van der Waals surface area (Å²) in [4.78, 5) is 32.6. The van der Waals surface area contributed by atoms with Crippen molar-refractivity contribution in [3.05, 3.63) is 125 Å². The molecule has 39 heavy (non-hydrogen) atoms. The van der Waals surface area contributed by atoms with Crippen molar-refractivity contribution < 1.29 is 53.0 Å². The minimum Gasteiger partial charge on any atom is -1.00 e. The highest BCUT2D eigenvalue weighted by molar-refractivity contribution is 5.88. The van der Waals surface area contributed by atoms with Crippen LogP contribution >= 0.6 is 0 Å². The number of aromatic carboxylic acids is 3. The maximum absolute atomic E-state index is 10.9. The molecule has 0 amide bonds. The molecule has 0 aliphatic carbocycles. The van der Waals surface area contributed by atoms with Crippen LogP contribution in [-0.4, -0.2) is 40.3 Å². The lowest BCUT2D eigenvalue weighted by Crippen LogP contribution is -3.00. The highest BCUT2D eigenvalue weighted by atomic mass is 19.0. The van der Waals surface area contributed by atoms with Crippen molar-refractivity contribution in [2.45, 2.75) is 13.1 Å². The number of pyridine rings is 2. The number of halogens is 2. The van der Waals surface area contributed by atoms with Crippen LogP contribution in [0.3, 0.4) is 0 Å². The minimum atomic E-state index is -0.992. The van der Waals surface area contributed by atoms with Crippen molar-refractivity contribution in [3.8, 4) is 5.75 Å². The zero-order chi connectivity index (χ0) is 26.8.